The largest absolute Gasteiger partial charge is 0.444 e. The molecule has 0 radical (unpaired) electrons. The van der Waals surface area contributed by atoms with Crippen molar-refractivity contribution in [2.24, 2.45) is 0 Å². The number of amides is 1. The summed E-state index contributed by atoms with van der Waals surface area (Å²) in [5.41, 5.74) is -0.454. The summed E-state index contributed by atoms with van der Waals surface area (Å²) < 4.78 is 10.7. The molecule has 2 atom stereocenters. The van der Waals surface area contributed by atoms with Crippen LogP contribution >= 0.6 is 0 Å². The normalized spacial score (nSPS) is 26.2. The van der Waals surface area contributed by atoms with E-state index in [9.17, 15) is 4.79 Å². The smallest absolute Gasteiger partial charge is 0.407 e. The molecule has 1 fully saturated rings. The number of nitrogens with one attached hydrogen (secondary N) is 2. The predicted octanol–water partition coefficient (Wildman–Crippen LogP) is 0.888. The SMILES string of the molecule is CC1CO[C@H](CNC(=O)OC(C)(C)C)CN1. The highest BCUT2D eigenvalue weighted by molar-refractivity contribution is 5.67. The number of carbonyl (C=O) groups excluding carboxylic acids is 1. The van der Waals surface area contributed by atoms with E-state index in [4.69, 9.17) is 9.47 Å². The lowest BCUT2D eigenvalue weighted by Crippen LogP contribution is -2.49. The number of alkyl carbamates (subject to hydrolysis) is 1. The summed E-state index contributed by atoms with van der Waals surface area (Å²) in [6.45, 7) is 9.51. The molecule has 1 saturated heterocycles. The molecule has 5 heteroatoms. The van der Waals surface area contributed by atoms with Crippen molar-refractivity contribution in [1.82, 2.24) is 10.6 Å². The van der Waals surface area contributed by atoms with E-state index >= 15 is 0 Å². The maximum atomic E-state index is 11.4. The second kappa shape index (κ2) is 5.50. The van der Waals surface area contributed by atoms with Crippen molar-refractivity contribution in [2.75, 3.05) is 19.7 Å². The van der Waals surface area contributed by atoms with Gasteiger partial charge in [-0.15, -0.1) is 0 Å². The molecule has 0 spiro atoms. The minimum absolute atomic E-state index is 0.0312. The number of ether oxygens (including phenoxy) is 2. The minimum atomic E-state index is -0.454. The second-order valence-corrected chi connectivity index (χ2v) is 5.15. The molecule has 16 heavy (non-hydrogen) atoms. The van der Waals surface area contributed by atoms with E-state index in [-0.39, 0.29) is 6.10 Å². The fourth-order valence-corrected chi connectivity index (χ4v) is 1.37. The zero-order valence-corrected chi connectivity index (χ0v) is 10.5. The average Bonchev–Trinajstić information content (AvgIpc) is 2.14. The van der Waals surface area contributed by atoms with Gasteiger partial charge < -0.3 is 20.1 Å². The Morgan fingerprint density at radius 1 is 1.56 bits per heavy atom. The van der Waals surface area contributed by atoms with Crippen molar-refractivity contribution in [2.45, 2.75) is 45.4 Å². The molecule has 94 valence electrons. The van der Waals surface area contributed by atoms with Gasteiger partial charge in [-0.1, -0.05) is 0 Å². The Balaban J connectivity index is 2.17. The molecule has 1 amide bonds. The van der Waals surface area contributed by atoms with Crippen molar-refractivity contribution in [3.8, 4) is 0 Å². The summed E-state index contributed by atoms with van der Waals surface area (Å²) in [6.07, 6.45) is -0.363. The summed E-state index contributed by atoms with van der Waals surface area (Å²) in [4.78, 5) is 11.4. The van der Waals surface area contributed by atoms with Crippen LogP contribution in [0.2, 0.25) is 0 Å². The summed E-state index contributed by atoms with van der Waals surface area (Å²) in [7, 11) is 0. The molecular weight excluding hydrogens is 208 g/mol. The minimum Gasteiger partial charge on any atom is -0.444 e. The third kappa shape index (κ3) is 5.32. The van der Waals surface area contributed by atoms with Gasteiger partial charge in [-0.3, -0.25) is 0 Å². The third-order valence-corrected chi connectivity index (χ3v) is 2.15. The van der Waals surface area contributed by atoms with E-state index in [1.165, 1.54) is 0 Å². The van der Waals surface area contributed by atoms with Crippen LogP contribution in [0, 0.1) is 0 Å². The molecule has 0 aliphatic carbocycles. The van der Waals surface area contributed by atoms with Crippen LogP contribution < -0.4 is 10.6 Å². The first-order valence-corrected chi connectivity index (χ1v) is 5.68. The second-order valence-electron chi connectivity index (χ2n) is 5.15. The lowest BCUT2D eigenvalue weighted by molar-refractivity contribution is 0.00458. The molecule has 0 saturated carbocycles. The van der Waals surface area contributed by atoms with Gasteiger partial charge in [0.2, 0.25) is 0 Å². The number of hydrogen-bond acceptors (Lipinski definition) is 4. The van der Waals surface area contributed by atoms with E-state index in [1.54, 1.807) is 0 Å². The van der Waals surface area contributed by atoms with Crippen LogP contribution in [-0.4, -0.2) is 43.5 Å². The summed E-state index contributed by atoms with van der Waals surface area (Å²) in [5.74, 6) is 0. The first-order chi connectivity index (χ1) is 7.37. The Morgan fingerprint density at radius 3 is 2.75 bits per heavy atom. The monoisotopic (exact) mass is 230 g/mol. The van der Waals surface area contributed by atoms with Crippen LogP contribution in [0.15, 0.2) is 0 Å². The van der Waals surface area contributed by atoms with Crippen LogP contribution in [0.4, 0.5) is 4.79 Å². The van der Waals surface area contributed by atoms with E-state index in [0.717, 1.165) is 6.54 Å². The van der Waals surface area contributed by atoms with E-state index < -0.39 is 11.7 Å². The van der Waals surface area contributed by atoms with Gasteiger partial charge in [-0.2, -0.15) is 0 Å². The molecule has 2 N–H and O–H groups in total. The quantitative estimate of drug-likeness (QED) is 0.739. The van der Waals surface area contributed by atoms with Gasteiger partial charge in [-0.25, -0.2) is 4.79 Å². The first-order valence-electron chi connectivity index (χ1n) is 5.68. The molecule has 1 aliphatic heterocycles. The lowest BCUT2D eigenvalue weighted by atomic mass is 10.2. The molecule has 0 aromatic heterocycles. The molecule has 1 unspecified atom stereocenters. The highest BCUT2D eigenvalue weighted by Gasteiger charge is 2.20. The zero-order chi connectivity index (χ0) is 12.2. The summed E-state index contributed by atoms with van der Waals surface area (Å²) in [6, 6.07) is 0.387. The first kappa shape index (κ1) is 13.3. The highest BCUT2D eigenvalue weighted by Crippen LogP contribution is 2.06. The van der Waals surface area contributed by atoms with Crippen molar-refractivity contribution < 1.29 is 14.3 Å². The van der Waals surface area contributed by atoms with E-state index in [1.807, 2.05) is 20.8 Å². The van der Waals surface area contributed by atoms with Crippen molar-refractivity contribution >= 4 is 6.09 Å². The van der Waals surface area contributed by atoms with Gasteiger partial charge in [-0.05, 0) is 27.7 Å². The Bertz CT molecular complexity index is 230. The average molecular weight is 230 g/mol. The Hall–Kier alpha value is -0.810. The van der Waals surface area contributed by atoms with Crippen LogP contribution in [0.3, 0.4) is 0 Å². The molecular formula is C11H22N2O3. The fourth-order valence-electron chi connectivity index (χ4n) is 1.37. The Morgan fingerprint density at radius 2 is 2.25 bits per heavy atom. The molecule has 5 nitrogen and oxygen atoms in total. The van der Waals surface area contributed by atoms with E-state index in [0.29, 0.717) is 19.2 Å². The maximum absolute atomic E-state index is 11.4. The van der Waals surface area contributed by atoms with Crippen LogP contribution in [0.25, 0.3) is 0 Å². The van der Waals surface area contributed by atoms with Gasteiger partial charge in [0.1, 0.15) is 5.60 Å². The molecule has 1 heterocycles. The Kier molecular flexibility index (Phi) is 4.56. The standard InChI is InChI=1S/C11H22N2O3/c1-8-7-15-9(5-12-8)6-13-10(14)16-11(2,3)4/h8-9,12H,5-7H2,1-4H3,(H,13,14)/t8?,9-/m0/s1. The molecule has 0 bridgehead atoms. The van der Waals surface area contributed by atoms with Gasteiger partial charge in [0.05, 0.1) is 12.7 Å². The van der Waals surface area contributed by atoms with Gasteiger partial charge in [0, 0.05) is 19.1 Å². The number of rotatable bonds is 2. The molecule has 1 rings (SSSR count). The van der Waals surface area contributed by atoms with Crippen molar-refractivity contribution in [1.29, 1.82) is 0 Å². The number of carbonyl (C=O) groups is 1. The van der Waals surface area contributed by atoms with Gasteiger partial charge in [0.15, 0.2) is 0 Å². The van der Waals surface area contributed by atoms with Crippen LogP contribution in [-0.2, 0) is 9.47 Å². The molecule has 1 aliphatic rings. The third-order valence-electron chi connectivity index (χ3n) is 2.15. The topological polar surface area (TPSA) is 59.6 Å². The highest BCUT2D eigenvalue weighted by atomic mass is 16.6. The zero-order valence-electron chi connectivity index (χ0n) is 10.5. The molecule has 0 aromatic rings. The van der Waals surface area contributed by atoms with Gasteiger partial charge >= 0.3 is 6.09 Å². The molecule has 0 aromatic carbocycles. The lowest BCUT2D eigenvalue weighted by Gasteiger charge is -2.28. The summed E-state index contributed by atoms with van der Waals surface area (Å²) in [5, 5.41) is 5.98. The fraction of sp³-hybridized carbons (Fsp3) is 0.909. The maximum Gasteiger partial charge on any atom is 0.407 e. The van der Waals surface area contributed by atoms with E-state index in [2.05, 4.69) is 17.6 Å². The Labute approximate surface area is 96.9 Å². The van der Waals surface area contributed by atoms with Gasteiger partial charge in [0.25, 0.3) is 0 Å². The van der Waals surface area contributed by atoms with Crippen LogP contribution in [0.1, 0.15) is 27.7 Å². The summed E-state index contributed by atoms with van der Waals surface area (Å²) >= 11 is 0. The van der Waals surface area contributed by atoms with Crippen molar-refractivity contribution in [3.63, 3.8) is 0 Å². The number of morpholine rings is 1. The number of hydrogen-bond donors (Lipinski definition) is 2. The predicted molar refractivity (Wildman–Crippen MR) is 61.4 cm³/mol. The van der Waals surface area contributed by atoms with Crippen molar-refractivity contribution in [3.05, 3.63) is 0 Å². The van der Waals surface area contributed by atoms with Crippen LogP contribution in [0.5, 0.6) is 0 Å².